The minimum absolute atomic E-state index is 0.121. The summed E-state index contributed by atoms with van der Waals surface area (Å²) in [6.07, 6.45) is 0. The van der Waals surface area contributed by atoms with Gasteiger partial charge in [0.25, 0.3) is 10.2 Å². The molecule has 0 aromatic rings. The van der Waals surface area contributed by atoms with Crippen molar-refractivity contribution in [1.29, 1.82) is 0 Å². The lowest BCUT2D eigenvalue weighted by Crippen LogP contribution is -2.55. The number of hydroxylamine groups is 1. The van der Waals surface area contributed by atoms with Crippen LogP contribution in [-0.2, 0) is 23.3 Å². The molecule has 17 nitrogen and oxygen atoms in total. The molecule has 0 atom stereocenters. The second-order valence-corrected chi connectivity index (χ2v) is 8.04. The molecular formula is C10H20N5O12P. The summed E-state index contributed by atoms with van der Waals surface area (Å²) in [4.78, 5) is 37.8. The van der Waals surface area contributed by atoms with Crippen molar-refractivity contribution in [2.75, 3.05) is 26.4 Å². The highest BCUT2D eigenvalue weighted by Crippen LogP contribution is 2.60. The van der Waals surface area contributed by atoms with Crippen LogP contribution in [0.4, 0.5) is 0 Å². The zero-order chi connectivity index (χ0) is 22.2. The first-order valence-electron chi connectivity index (χ1n) is 7.56. The highest BCUT2D eigenvalue weighted by molar-refractivity contribution is 7.55. The van der Waals surface area contributed by atoms with Crippen molar-refractivity contribution < 1.29 is 43.2 Å². The molecule has 0 heterocycles. The van der Waals surface area contributed by atoms with Crippen LogP contribution in [-0.4, -0.2) is 57.3 Å². The average Bonchev–Trinajstić information content (AvgIpc) is 2.54. The summed E-state index contributed by atoms with van der Waals surface area (Å²) in [7, 11) is -4.13. The lowest BCUT2D eigenvalue weighted by molar-refractivity contribution is -0.870. The summed E-state index contributed by atoms with van der Waals surface area (Å²) >= 11 is 0. The van der Waals surface area contributed by atoms with E-state index in [1.807, 2.05) is 0 Å². The fourth-order valence-electron chi connectivity index (χ4n) is 1.70. The van der Waals surface area contributed by atoms with Gasteiger partial charge in [0.15, 0.2) is 0 Å². The van der Waals surface area contributed by atoms with Crippen LogP contribution in [0, 0.1) is 35.6 Å². The van der Waals surface area contributed by atoms with Crippen molar-refractivity contribution in [3.05, 3.63) is 35.6 Å². The molecule has 0 aliphatic carbocycles. The summed E-state index contributed by atoms with van der Waals surface area (Å²) in [5.41, 5.74) is -3.24. The van der Waals surface area contributed by atoms with Gasteiger partial charge in [-0.1, -0.05) is 0 Å². The molecule has 0 amide bonds. The maximum Gasteiger partial charge on any atom is 0.484 e. The molecule has 0 radical (unpaired) electrons. The van der Waals surface area contributed by atoms with Gasteiger partial charge < -0.3 is 14.3 Å². The maximum absolute atomic E-state index is 12.8. The standard InChI is InChI=1S/C10H20N5O12P/c1-5-26-28(23,27-6-2)9(3,4)11-12(16)10(13(17)18,7-24-14(19)20)8-25-15(21)22/h5-8H2,1-4H3. The molecule has 0 aliphatic rings. The molecule has 0 bridgehead atoms. The highest BCUT2D eigenvalue weighted by Gasteiger charge is 2.59. The van der Waals surface area contributed by atoms with Crippen molar-refractivity contribution in [1.82, 2.24) is 0 Å². The second-order valence-electron chi connectivity index (χ2n) is 5.43. The third-order valence-electron chi connectivity index (χ3n) is 3.10. The Balaban J connectivity index is 6.28. The molecule has 162 valence electrons. The van der Waals surface area contributed by atoms with E-state index in [2.05, 4.69) is 14.8 Å². The van der Waals surface area contributed by atoms with Gasteiger partial charge in [-0.25, -0.2) is 0 Å². The van der Waals surface area contributed by atoms with Crippen LogP contribution in [0.15, 0.2) is 5.11 Å². The van der Waals surface area contributed by atoms with E-state index >= 15 is 0 Å². The van der Waals surface area contributed by atoms with Gasteiger partial charge in [0, 0.05) is 0 Å². The number of nitro groups is 1. The largest absolute Gasteiger partial charge is 0.594 e. The maximum atomic E-state index is 12.8. The third-order valence-corrected chi connectivity index (χ3v) is 5.73. The second kappa shape index (κ2) is 10.0. The van der Waals surface area contributed by atoms with E-state index in [9.17, 15) is 40.1 Å². The minimum Gasteiger partial charge on any atom is -0.594 e. The van der Waals surface area contributed by atoms with E-state index in [4.69, 9.17) is 9.05 Å². The fourth-order valence-corrected chi connectivity index (χ4v) is 3.28. The number of nitrogens with zero attached hydrogens (tertiary/aromatic N) is 5. The predicted octanol–water partition coefficient (Wildman–Crippen LogP) is 1.34. The molecule has 0 spiro atoms. The van der Waals surface area contributed by atoms with E-state index < -0.39 is 51.7 Å². The molecule has 0 N–H and O–H groups in total. The molecule has 0 fully saturated rings. The summed E-state index contributed by atoms with van der Waals surface area (Å²) in [5.74, 6) is 0. The Hall–Kier alpha value is -2.65. The summed E-state index contributed by atoms with van der Waals surface area (Å²) in [5, 5.41) is 43.2. The van der Waals surface area contributed by atoms with Crippen molar-refractivity contribution in [2.24, 2.45) is 5.11 Å². The normalized spacial score (nSPS) is 13.1. The zero-order valence-corrected chi connectivity index (χ0v) is 16.3. The van der Waals surface area contributed by atoms with E-state index in [1.165, 1.54) is 13.8 Å². The van der Waals surface area contributed by atoms with Crippen LogP contribution >= 0.6 is 7.60 Å². The lowest BCUT2D eigenvalue weighted by atomic mass is 10.2. The first kappa shape index (κ1) is 25.4. The Morgan fingerprint density at radius 3 is 1.57 bits per heavy atom. The van der Waals surface area contributed by atoms with Crippen LogP contribution in [0.3, 0.4) is 0 Å². The van der Waals surface area contributed by atoms with E-state index in [-0.39, 0.29) is 13.2 Å². The monoisotopic (exact) mass is 433 g/mol. The van der Waals surface area contributed by atoms with Crippen LogP contribution in [0.25, 0.3) is 0 Å². The number of hydrogen-bond acceptors (Lipinski definition) is 13. The first-order chi connectivity index (χ1) is 12.8. The molecule has 18 heteroatoms. The highest BCUT2D eigenvalue weighted by atomic mass is 31.2. The van der Waals surface area contributed by atoms with Gasteiger partial charge in [0.1, 0.15) is 4.92 Å². The van der Waals surface area contributed by atoms with Gasteiger partial charge in [-0.3, -0.25) is 24.4 Å². The molecule has 0 aromatic carbocycles. The summed E-state index contributed by atoms with van der Waals surface area (Å²) < 4.78 is 22.9. The number of rotatable bonds is 14. The van der Waals surface area contributed by atoms with Gasteiger partial charge in [-0.2, -0.15) is 0 Å². The Labute approximate surface area is 157 Å². The molecule has 0 saturated heterocycles. The molecule has 28 heavy (non-hydrogen) atoms. The molecular weight excluding hydrogens is 413 g/mol. The topological polar surface area (TPSA) is 222 Å². The van der Waals surface area contributed by atoms with Crippen LogP contribution in [0.1, 0.15) is 27.7 Å². The Kier molecular flexibility index (Phi) is 9.10. The molecule has 0 rings (SSSR count). The van der Waals surface area contributed by atoms with Crippen molar-refractivity contribution in [2.45, 2.75) is 38.6 Å². The lowest BCUT2D eigenvalue weighted by Gasteiger charge is -2.28. The quantitative estimate of drug-likeness (QED) is 0.0945. The van der Waals surface area contributed by atoms with Crippen molar-refractivity contribution in [3.8, 4) is 0 Å². The van der Waals surface area contributed by atoms with Gasteiger partial charge in [0.05, 0.1) is 13.2 Å². The Morgan fingerprint density at radius 1 is 0.893 bits per heavy atom. The van der Waals surface area contributed by atoms with Crippen molar-refractivity contribution >= 4 is 7.60 Å². The van der Waals surface area contributed by atoms with E-state index in [1.54, 1.807) is 0 Å². The Morgan fingerprint density at radius 2 is 1.29 bits per heavy atom. The van der Waals surface area contributed by atoms with Gasteiger partial charge in [-0.15, -0.1) is 20.2 Å². The third kappa shape index (κ3) is 6.21. The molecule has 0 saturated carbocycles. The predicted molar refractivity (Wildman–Crippen MR) is 86.6 cm³/mol. The van der Waals surface area contributed by atoms with Crippen molar-refractivity contribution in [3.63, 3.8) is 0 Å². The zero-order valence-electron chi connectivity index (χ0n) is 15.4. The van der Waals surface area contributed by atoms with Crippen LogP contribution in [0.5, 0.6) is 0 Å². The van der Waals surface area contributed by atoms with Gasteiger partial charge >= 0.3 is 13.3 Å². The van der Waals surface area contributed by atoms with E-state index in [0.717, 1.165) is 13.8 Å². The van der Waals surface area contributed by atoms with Crippen LogP contribution < -0.4 is 0 Å². The minimum atomic E-state index is -4.13. The SMILES string of the molecule is CCOP(=O)(OCC)C(C)(C)N=[N+]([O-])C(CO[N+](=O)[O-])(CO[N+](=O)[O-])[N+](=O)[O-]. The summed E-state index contributed by atoms with van der Waals surface area (Å²) in [6.45, 7) is 1.74. The molecule has 0 aliphatic heterocycles. The average molecular weight is 433 g/mol. The smallest absolute Gasteiger partial charge is 0.484 e. The fraction of sp³-hybridized carbons (Fsp3) is 1.00. The van der Waals surface area contributed by atoms with Crippen LogP contribution in [0.2, 0.25) is 0 Å². The summed E-state index contributed by atoms with van der Waals surface area (Å²) in [6, 6.07) is 0. The Bertz CT molecular complexity index is 639. The van der Waals surface area contributed by atoms with E-state index in [0.29, 0.717) is 0 Å². The number of azo groups is 1. The van der Waals surface area contributed by atoms with Gasteiger partial charge in [0.2, 0.25) is 18.5 Å². The molecule has 0 aromatic heterocycles. The first-order valence-corrected chi connectivity index (χ1v) is 9.10. The molecule has 0 unspecified atom stereocenters. The van der Waals surface area contributed by atoms with Gasteiger partial charge in [-0.05, 0) is 37.7 Å². The number of hydrogen-bond donors (Lipinski definition) is 0.